The molecule has 2 aromatic rings. The van der Waals surface area contributed by atoms with Crippen molar-refractivity contribution in [3.8, 4) is 0 Å². The number of fused-ring (bicyclic) bond motifs is 2. The maximum absolute atomic E-state index is 12.3. The van der Waals surface area contributed by atoms with Gasteiger partial charge in [0, 0.05) is 5.56 Å². The molecular weight excluding hydrogens is 248 g/mol. The van der Waals surface area contributed by atoms with Crippen molar-refractivity contribution in [1.29, 1.82) is 0 Å². The molecular formula is C12H14N4O3. The molecule has 0 amide bonds. The van der Waals surface area contributed by atoms with Gasteiger partial charge in [-0.05, 0) is 26.2 Å². The number of aryl methyl sites for hydroxylation is 1. The molecule has 7 nitrogen and oxygen atoms in total. The van der Waals surface area contributed by atoms with Crippen LogP contribution >= 0.6 is 0 Å². The first-order valence-electron chi connectivity index (χ1n) is 6.22. The summed E-state index contributed by atoms with van der Waals surface area (Å²) in [4.78, 5) is 28.5. The minimum absolute atomic E-state index is 0.103. The monoisotopic (exact) mass is 262 g/mol. The SMILES string of the molecule is CCOC(=O)c1c(N)[nH]n2c(=O)c3c(nc12)CCC3. The van der Waals surface area contributed by atoms with E-state index in [1.807, 2.05) is 0 Å². The van der Waals surface area contributed by atoms with Crippen LogP contribution in [-0.2, 0) is 17.6 Å². The zero-order chi connectivity index (χ0) is 13.6. The molecule has 3 rings (SSSR count). The van der Waals surface area contributed by atoms with E-state index in [0.29, 0.717) is 5.56 Å². The molecule has 0 aromatic carbocycles. The molecule has 1 aliphatic carbocycles. The van der Waals surface area contributed by atoms with Crippen molar-refractivity contribution in [3.63, 3.8) is 0 Å². The number of esters is 1. The van der Waals surface area contributed by atoms with Crippen LogP contribution in [0.5, 0.6) is 0 Å². The molecule has 0 spiro atoms. The number of nitrogen functional groups attached to an aromatic ring is 1. The summed E-state index contributed by atoms with van der Waals surface area (Å²) in [5.74, 6) is -0.463. The van der Waals surface area contributed by atoms with Gasteiger partial charge in [-0.3, -0.25) is 9.89 Å². The maximum atomic E-state index is 12.3. The fraction of sp³-hybridized carbons (Fsp3) is 0.417. The Morgan fingerprint density at radius 1 is 1.53 bits per heavy atom. The minimum atomic E-state index is -0.566. The van der Waals surface area contributed by atoms with Crippen molar-refractivity contribution in [2.75, 3.05) is 12.3 Å². The van der Waals surface area contributed by atoms with Crippen LogP contribution in [0.25, 0.3) is 5.65 Å². The summed E-state index contributed by atoms with van der Waals surface area (Å²) in [5, 5.41) is 2.68. The number of nitrogens with zero attached hydrogens (tertiary/aromatic N) is 2. The van der Waals surface area contributed by atoms with Gasteiger partial charge in [0.1, 0.15) is 11.4 Å². The summed E-state index contributed by atoms with van der Waals surface area (Å²) < 4.78 is 6.17. The molecule has 0 saturated carbocycles. The summed E-state index contributed by atoms with van der Waals surface area (Å²) >= 11 is 0. The molecule has 3 N–H and O–H groups in total. The van der Waals surface area contributed by atoms with E-state index in [2.05, 4.69) is 10.1 Å². The Morgan fingerprint density at radius 2 is 2.32 bits per heavy atom. The third-order valence-electron chi connectivity index (χ3n) is 3.31. The Morgan fingerprint density at radius 3 is 3.05 bits per heavy atom. The van der Waals surface area contributed by atoms with Gasteiger partial charge in [-0.25, -0.2) is 9.78 Å². The van der Waals surface area contributed by atoms with E-state index in [9.17, 15) is 9.59 Å². The smallest absolute Gasteiger partial charge is 0.345 e. The second kappa shape index (κ2) is 4.11. The van der Waals surface area contributed by atoms with Crippen molar-refractivity contribution in [3.05, 3.63) is 27.2 Å². The van der Waals surface area contributed by atoms with E-state index in [0.717, 1.165) is 25.0 Å². The predicted molar refractivity (Wildman–Crippen MR) is 68.2 cm³/mol. The first-order chi connectivity index (χ1) is 9.13. The summed E-state index contributed by atoms with van der Waals surface area (Å²) in [6, 6.07) is 0. The van der Waals surface area contributed by atoms with Gasteiger partial charge in [-0.15, -0.1) is 0 Å². The van der Waals surface area contributed by atoms with Crippen LogP contribution in [0.3, 0.4) is 0 Å². The van der Waals surface area contributed by atoms with Crippen molar-refractivity contribution in [1.82, 2.24) is 14.6 Å². The molecule has 100 valence electrons. The zero-order valence-electron chi connectivity index (χ0n) is 10.5. The van der Waals surface area contributed by atoms with E-state index in [4.69, 9.17) is 10.5 Å². The highest BCUT2D eigenvalue weighted by Crippen LogP contribution is 2.21. The Balaban J connectivity index is 2.30. The molecule has 2 heterocycles. The number of H-pyrrole nitrogens is 1. The molecule has 7 heteroatoms. The molecule has 0 aliphatic heterocycles. The lowest BCUT2D eigenvalue weighted by molar-refractivity contribution is 0.0529. The summed E-state index contributed by atoms with van der Waals surface area (Å²) in [7, 11) is 0. The Bertz CT molecular complexity index is 729. The van der Waals surface area contributed by atoms with Gasteiger partial charge in [0.05, 0.1) is 12.3 Å². The van der Waals surface area contributed by atoms with Crippen LogP contribution < -0.4 is 11.3 Å². The molecule has 0 unspecified atom stereocenters. The van der Waals surface area contributed by atoms with Crippen molar-refractivity contribution in [2.24, 2.45) is 0 Å². The van der Waals surface area contributed by atoms with Crippen LogP contribution in [0.1, 0.15) is 35.0 Å². The highest BCUT2D eigenvalue weighted by molar-refractivity contribution is 6.00. The lowest BCUT2D eigenvalue weighted by atomic mass is 10.2. The summed E-state index contributed by atoms with van der Waals surface area (Å²) in [6.07, 6.45) is 2.39. The second-order valence-corrected chi connectivity index (χ2v) is 4.48. The number of hydrogen-bond acceptors (Lipinski definition) is 5. The molecule has 0 radical (unpaired) electrons. The number of ether oxygens (including phenoxy) is 1. The highest BCUT2D eigenvalue weighted by Gasteiger charge is 2.25. The van der Waals surface area contributed by atoms with E-state index in [1.54, 1.807) is 6.92 Å². The van der Waals surface area contributed by atoms with Crippen LogP contribution in [0, 0.1) is 0 Å². The van der Waals surface area contributed by atoms with Crippen LogP contribution in [0.2, 0.25) is 0 Å². The topological polar surface area (TPSA) is 102 Å². The van der Waals surface area contributed by atoms with Gasteiger partial charge in [0.2, 0.25) is 0 Å². The predicted octanol–water partition coefficient (Wildman–Crippen LogP) is 0.270. The standard InChI is InChI=1S/C12H14N4O3/c1-2-19-12(18)8-9(13)15-16-10(8)14-7-5-3-4-6(7)11(16)17/h15H,2-5,13H2,1H3. The molecule has 0 saturated heterocycles. The normalized spacial score (nSPS) is 13.7. The zero-order valence-corrected chi connectivity index (χ0v) is 10.5. The number of nitrogens with two attached hydrogens (primary N) is 1. The quantitative estimate of drug-likeness (QED) is 0.756. The number of anilines is 1. The van der Waals surface area contributed by atoms with Gasteiger partial charge in [0.25, 0.3) is 5.56 Å². The third kappa shape index (κ3) is 1.61. The van der Waals surface area contributed by atoms with Gasteiger partial charge in [-0.2, -0.15) is 4.52 Å². The largest absolute Gasteiger partial charge is 0.462 e. The van der Waals surface area contributed by atoms with E-state index < -0.39 is 5.97 Å². The molecule has 19 heavy (non-hydrogen) atoms. The molecule has 2 aromatic heterocycles. The van der Waals surface area contributed by atoms with Gasteiger partial charge >= 0.3 is 5.97 Å². The van der Waals surface area contributed by atoms with E-state index in [-0.39, 0.29) is 29.2 Å². The number of rotatable bonds is 2. The van der Waals surface area contributed by atoms with Crippen molar-refractivity contribution in [2.45, 2.75) is 26.2 Å². The van der Waals surface area contributed by atoms with E-state index in [1.165, 1.54) is 4.52 Å². The lowest BCUT2D eigenvalue weighted by Gasteiger charge is -2.02. The number of nitrogens with one attached hydrogen (secondary N) is 1. The molecule has 0 bridgehead atoms. The molecule has 1 aliphatic rings. The summed E-state index contributed by atoms with van der Waals surface area (Å²) in [6.45, 7) is 1.95. The van der Waals surface area contributed by atoms with Crippen LogP contribution in [0.4, 0.5) is 5.82 Å². The summed E-state index contributed by atoms with van der Waals surface area (Å²) in [5.41, 5.74) is 7.42. The lowest BCUT2D eigenvalue weighted by Crippen LogP contribution is -2.20. The van der Waals surface area contributed by atoms with Crippen molar-refractivity contribution < 1.29 is 9.53 Å². The number of carbonyl (C=O) groups is 1. The average Bonchev–Trinajstić information content (AvgIpc) is 2.94. The highest BCUT2D eigenvalue weighted by atomic mass is 16.5. The Kier molecular flexibility index (Phi) is 2.55. The Labute approximate surface area is 108 Å². The number of aromatic nitrogens is 3. The fourth-order valence-corrected chi connectivity index (χ4v) is 2.46. The second-order valence-electron chi connectivity index (χ2n) is 4.48. The first-order valence-corrected chi connectivity index (χ1v) is 6.22. The van der Waals surface area contributed by atoms with Gasteiger partial charge < -0.3 is 10.5 Å². The number of aromatic amines is 1. The number of hydrogen-bond donors (Lipinski definition) is 2. The van der Waals surface area contributed by atoms with Crippen LogP contribution in [0.15, 0.2) is 4.79 Å². The Hall–Kier alpha value is -2.31. The molecule has 0 fully saturated rings. The number of carbonyl (C=O) groups excluding carboxylic acids is 1. The fourth-order valence-electron chi connectivity index (χ4n) is 2.46. The van der Waals surface area contributed by atoms with Gasteiger partial charge in [-0.1, -0.05) is 0 Å². The minimum Gasteiger partial charge on any atom is -0.462 e. The molecule has 0 atom stereocenters. The third-order valence-corrected chi connectivity index (χ3v) is 3.31. The van der Waals surface area contributed by atoms with Crippen molar-refractivity contribution >= 4 is 17.4 Å². The van der Waals surface area contributed by atoms with E-state index >= 15 is 0 Å². The van der Waals surface area contributed by atoms with Gasteiger partial charge in [0.15, 0.2) is 5.65 Å². The van der Waals surface area contributed by atoms with Crippen LogP contribution in [-0.4, -0.2) is 27.2 Å². The average molecular weight is 262 g/mol. The first kappa shape index (κ1) is 11.8. The maximum Gasteiger partial charge on any atom is 0.345 e.